The minimum Gasteiger partial charge on any atom is -0.483 e. The van der Waals surface area contributed by atoms with Crippen LogP contribution in [0.3, 0.4) is 0 Å². The van der Waals surface area contributed by atoms with E-state index in [-0.39, 0.29) is 30.1 Å². The summed E-state index contributed by atoms with van der Waals surface area (Å²) in [6.45, 7) is 6.17. The van der Waals surface area contributed by atoms with Crippen LogP contribution < -0.4 is 0 Å². The number of nitrogens with zero attached hydrogens (tertiary/aromatic N) is 2. The van der Waals surface area contributed by atoms with Crippen LogP contribution in [-0.4, -0.2) is 46.6 Å². The van der Waals surface area contributed by atoms with E-state index in [9.17, 15) is 4.79 Å². The van der Waals surface area contributed by atoms with Crippen LogP contribution in [0.2, 0.25) is 6.04 Å². The highest BCUT2D eigenvalue weighted by Crippen LogP contribution is 2.35. The standard InChI is InChI=1S/C31H38N2O5Si/c1-23(26-12-8-6-9-13-26)33(28-18-16-25(17-19-28)20-21-39(35-3,36-4)37-5)32-31-24(2)38-30(22-29(31)34)27-14-10-7-11-15-27/h6-16,18,23,30H,2,17,19-22H2,1,3-5H3/b32-31+. The van der Waals surface area contributed by atoms with Crippen LogP contribution in [0.4, 0.5) is 0 Å². The molecule has 206 valence electrons. The molecule has 2 unspecified atom stereocenters. The predicted molar refractivity (Wildman–Crippen MR) is 155 cm³/mol. The number of hydrazone groups is 1. The zero-order valence-corrected chi connectivity index (χ0v) is 24.3. The molecule has 1 fully saturated rings. The predicted octanol–water partition coefficient (Wildman–Crippen LogP) is 6.52. The minimum absolute atomic E-state index is 0.0713. The second kappa shape index (κ2) is 13.2. The van der Waals surface area contributed by atoms with Crippen molar-refractivity contribution in [3.8, 4) is 0 Å². The minimum atomic E-state index is -2.63. The van der Waals surface area contributed by atoms with Crippen LogP contribution in [-0.2, 0) is 22.8 Å². The Balaban J connectivity index is 1.59. The third-order valence-electron chi connectivity index (χ3n) is 7.40. The summed E-state index contributed by atoms with van der Waals surface area (Å²) in [5, 5.41) is 6.85. The molecular formula is C31H38N2O5Si. The number of hydrogen-bond acceptors (Lipinski definition) is 7. The van der Waals surface area contributed by atoms with Gasteiger partial charge in [-0.1, -0.05) is 78.9 Å². The summed E-state index contributed by atoms with van der Waals surface area (Å²) < 4.78 is 22.8. The van der Waals surface area contributed by atoms with Crippen molar-refractivity contribution in [2.24, 2.45) is 5.10 Å². The summed E-state index contributed by atoms with van der Waals surface area (Å²) in [5.41, 5.74) is 4.66. The normalized spacial score (nSPS) is 19.8. The first-order valence-corrected chi connectivity index (χ1v) is 15.2. The van der Waals surface area contributed by atoms with E-state index in [4.69, 9.17) is 23.1 Å². The van der Waals surface area contributed by atoms with Crippen LogP contribution in [0.15, 0.2) is 102 Å². The number of ether oxygens (including phenoxy) is 1. The quantitative estimate of drug-likeness (QED) is 0.236. The summed E-state index contributed by atoms with van der Waals surface area (Å²) in [7, 11) is 2.29. The SMILES string of the molecule is C=C1OC(c2ccccc2)CC(=O)/C1=N/N(C1=CC=C(CC[Si](OC)(OC)OC)CC1)C(C)c1ccccc1. The lowest BCUT2D eigenvalue weighted by atomic mass is 9.97. The van der Waals surface area contributed by atoms with E-state index in [2.05, 4.69) is 37.8 Å². The molecule has 8 heteroatoms. The van der Waals surface area contributed by atoms with Crippen molar-refractivity contribution >= 4 is 20.3 Å². The van der Waals surface area contributed by atoms with Crippen molar-refractivity contribution in [2.45, 2.75) is 50.8 Å². The number of Topliss-reactive ketones (excluding diaryl/α,β-unsaturated/α-hetero) is 1. The Labute approximate surface area is 232 Å². The molecule has 0 saturated carbocycles. The van der Waals surface area contributed by atoms with E-state index in [0.717, 1.165) is 36.1 Å². The van der Waals surface area contributed by atoms with Gasteiger partial charge in [-0.2, -0.15) is 5.10 Å². The summed E-state index contributed by atoms with van der Waals surface area (Å²) in [4.78, 5) is 13.3. The van der Waals surface area contributed by atoms with Crippen molar-refractivity contribution in [3.05, 3.63) is 108 Å². The maximum atomic E-state index is 13.3. The number of allylic oxidation sites excluding steroid dienone is 5. The highest BCUT2D eigenvalue weighted by Gasteiger charge is 2.37. The van der Waals surface area contributed by atoms with Crippen molar-refractivity contribution in [2.75, 3.05) is 21.3 Å². The summed E-state index contributed by atoms with van der Waals surface area (Å²) in [6, 6.07) is 20.6. The number of hydrogen-bond donors (Lipinski definition) is 0. The fourth-order valence-corrected chi connectivity index (χ4v) is 6.71. The van der Waals surface area contributed by atoms with Gasteiger partial charge in [0.1, 0.15) is 11.9 Å². The molecule has 0 radical (unpaired) electrons. The van der Waals surface area contributed by atoms with Gasteiger partial charge < -0.3 is 18.0 Å². The van der Waals surface area contributed by atoms with Gasteiger partial charge in [-0.05, 0) is 43.4 Å². The second-order valence-corrected chi connectivity index (χ2v) is 12.8. The molecule has 2 aromatic carbocycles. The van der Waals surface area contributed by atoms with E-state index in [0.29, 0.717) is 11.8 Å². The monoisotopic (exact) mass is 546 g/mol. The van der Waals surface area contributed by atoms with E-state index in [1.54, 1.807) is 21.3 Å². The number of rotatable bonds is 11. The molecule has 1 aliphatic carbocycles. The Bertz CT molecular complexity index is 1210. The van der Waals surface area contributed by atoms with Crippen LogP contribution >= 0.6 is 0 Å². The van der Waals surface area contributed by atoms with Crippen LogP contribution in [0.25, 0.3) is 0 Å². The van der Waals surface area contributed by atoms with Gasteiger partial charge in [0.05, 0.1) is 12.5 Å². The lowest BCUT2D eigenvalue weighted by Crippen LogP contribution is -2.42. The van der Waals surface area contributed by atoms with Gasteiger partial charge in [0.15, 0.2) is 11.5 Å². The molecule has 0 spiro atoms. The maximum absolute atomic E-state index is 13.3. The summed E-state index contributed by atoms with van der Waals surface area (Å²) in [5.74, 6) is 0.232. The molecule has 0 amide bonds. The Hall–Kier alpha value is -3.30. The molecule has 1 saturated heterocycles. The van der Waals surface area contributed by atoms with E-state index >= 15 is 0 Å². The second-order valence-electron chi connectivity index (χ2n) is 9.73. The van der Waals surface area contributed by atoms with Gasteiger partial charge in [0.25, 0.3) is 0 Å². The Morgan fingerprint density at radius 3 is 2.21 bits per heavy atom. The maximum Gasteiger partial charge on any atom is 0.500 e. The topological polar surface area (TPSA) is 69.6 Å². The van der Waals surface area contributed by atoms with Gasteiger partial charge in [0, 0.05) is 33.1 Å². The van der Waals surface area contributed by atoms with Gasteiger partial charge in [-0.15, -0.1) is 0 Å². The van der Waals surface area contributed by atoms with Crippen molar-refractivity contribution in [1.82, 2.24) is 5.01 Å². The molecule has 4 rings (SSSR count). The lowest BCUT2D eigenvalue weighted by molar-refractivity contribution is -0.116. The smallest absolute Gasteiger partial charge is 0.483 e. The van der Waals surface area contributed by atoms with E-state index < -0.39 is 8.80 Å². The molecule has 2 aliphatic rings. The zero-order valence-electron chi connectivity index (χ0n) is 23.3. The Kier molecular flexibility index (Phi) is 9.69. The number of carbonyl (C=O) groups is 1. The highest BCUT2D eigenvalue weighted by molar-refractivity contribution is 6.60. The first-order valence-electron chi connectivity index (χ1n) is 13.3. The molecule has 39 heavy (non-hydrogen) atoms. The van der Waals surface area contributed by atoms with Crippen LogP contribution in [0, 0.1) is 0 Å². The molecular weight excluding hydrogens is 508 g/mol. The molecule has 0 bridgehead atoms. The van der Waals surface area contributed by atoms with Crippen LogP contribution in [0.5, 0.6) is 0 Å². The molecule has 0 N–H and O–H groups in total. The van der Waals surface area contributed by atoms with E-state index in [1.165, 1.54) is 5.57 Å². The molecule has 1 heterocycles. The lowest BCUT2D eigenvalue weighted by Gasteiger charge is -2.33. The fraction of sp³-hybridized carbons (Fsp3) is 0.355. The molecule has 0 aromatic heterocycles. The van der Waals surface area contributed by atoms with Crippen molar-refractivity contribution in [1.29, 1.82) is 0 Å². The number of benzene rings is 2. The third-order valence-corrected chi connectivity index (χ3v) is 10.1. The Morgan fingerprint density at radius 2 is 1.64 bits per heavy atom. The first-order chi connectivity index (χ1) is 18.9. The van der Waals surface area contributed by atoms with Gasteiger partial charge in [-0.3, -0.25) is 9.80 Å². The van der Waals surface area contributed by atoms with Crippen molar-refractivity contribution < 1.29 is 22.8 Å². The average Bonchev–Trinajstić information content (AvgIpc) is 2.99. The van der Waals surface area contributed by atoms with Crippen LogP contribution in [0.1, 0.15) is 55.9 Å². The highest BCUT2D eigenvalue weighted by atomic mass is 28.4. The molecule has 2 aromatic rings. The Morgan fingerprint density at radius 1 is 1.00 bits per heavy atom. The number of carbonyl (C=O) groups excluding carboxylic acids is 1. The fourth-order valence-electron chi connectivity index (χ4n) is 4.97. The van der Waals surface area contributed by atoms with Gasteiger partial charge in [0.2, 0.25) is 0 Å². The van der Waals surface area contributed by atoms with Gasteiger partial charge in [-0.25, -0.2) is 0 Å². The third kappa shape index (κ3) is 6.83. The summed E-state index contributed by atoms with van der Waals surface area (Å²) >= 11 is 0. The first kappa shape index (κ1) is 28.7. The van der Waals surface area contributed by atoms with Crippen molar-refractivity contribution in [3.63, 3.8) is 0 Å². The molecule has 7 nitrogen and oxygen atoms in total. The molecule has 2 atom stereocenters. The zero-order chi connectivity index (χ0) is 27.8. The summed E-state index contributed by atoms with van der Waals surface area (Å²) in [6.07, 6.45) is 6.60. The van der Waals surface area contributed by atoms with E-state index in [1.807, 2.05) is 53.5 Å². The number of ketones is 1. The van der Waals surface area contributed by atoms with Gasteiger partial charge >= 0.3 is 8.80 Å². The molecule has 1 aliphatic heterocycles. The average molecular weight is 547 g/mol. The largest absolute Gasteiger partial charge is 0.500 e.